The Hall–Kier alpha value is -1.83. The second-order valence-electron chi connectivity index (χ2n) is 6.32. The van der Waals surface area contributed by atoms with Gasteiger partial charge in [0, 0.05) is 27.8 Å². The average Bonchev–Trinajstić information content (AvgIpc) is 3.03. The maximum atomic E-state index is 12.5. The Labute approximate surface area is 182 Å². The largest absolute Gasteiger partial charge is 0.325 e. The van der Waals surface area contributed by atoms with Crippen molar-refractivity contribution in [3.05, 3.63) is 57.0 Å². The fourth-order valence-corrected chi connectivity index (χ4v) is 4.32. The molecule has 0 aliphatic heterocycles. The number of nitrogens with one attached hydrogen (secondary N) is 1. The monoisotopic (exact) mass is 478 g/mol. The Morgan fingerprint density at radius 2 is 1.96 bits per heavy atom. The number of thioether (sulfide) groups is 1. The highest BCUT2D eigenvalue weighted by Crippen LogP contribution is 2.27. The summed E-state index contributed by atoms with van der Waals surface area (Å²) >= 11 is 10.8. The summed E-state index contributed by atoms with van der Waals surface area (Å²) in [7, 11) is 1.89. The van der Waals surface area contributed by atoms with Crippen LogP contribution in [0.15, 0.2) is 46.0 Å². The lowest BCUT2D eigenvalue weighted by molar-refractivity contribution is -0.113. The number of hydrogen-bond donors (Lipinski definition) is 1. The maximum absolute atomic E-state index is 12.5. The van der Waals surface area contributed by atoms with E-state index in [0.29, 0.717) is 10.2 Å². The lowest BCUT2D eigenvalue weighted by atomic mass is 10.1. The molecule has 1 heterocycles. The Kier molecular flexibility index (Phi) is 6.80. The second kappa shape index (κ2) is 9.11. The first-order valence-electron chi connectivity index (χ1n) is 8.76. The number of aryl methyl sites for hydroxylation is 2. The van der Waals surface area contributed by atoms with Gasteiger partial charge in [-0.3, -0.25) is 4.79 Å². The number of anilines is 1. The minimum Gasteiger partial charge on any atom is -0.325 e. The number of carbonyl (C=O) groups is 1. The van der Waals surface area contributed by atoms with Crippen molar-refractivity contribution in [1.29, 1.82) is 0 Å². The molecule has 0 saturated carbocycles. The summed E-state index contributed by atoms with van der Waals surface area (Å²) in [5.74, 6) is 0.920. The van der Waals surface area contributed by atoms with Crippen LogP contribution in [0.3, 0.4) is 0 Å². The smallest absolute Gasteiger partial charge is 0.234 e. The summed E-state index contributed by atoms with van der Waals surface area (Å²) in [6.45, 7) is 4.07. The van der Waals surface area contributed by atoms with Gasteiger partial charge in [-0.25, -0.2) is 0 Å². The standard InChI is InChI=1S/C20H20BrClN4OS/c1-4-13-10-15(21)9-12(2)18(13)23-17(27)11-28-20-25-24-19(26(20)3)14-5-7-16(22)8-6-14/h5-10H,4,11H2,1-3H3,(H,23,27). The Morgan fingerprint density at radius 1 is 1.25 bits per heavy atom. The molecule has 0 fully saturated rings. The van der Waals surface area contributed by atoms with Crippen LogP contribution in [-0.2, 0) is 18.3 Å². The number of hydrogen-bond acceptors (Lipinski definition) is 4. The maximum Gasteiger partial charge on any atom is 0.234 e. The van der Waals surface area contributed by atoms with Crippen molar-refractivity contribution in [3.8, 4) is 11.4 Å². The van der Waals surface area contributed by atoms with E-state index < -0.39 is 0 Å². The zero-order valence-electron chi connectivity index (χ0n) is 15.8. The number of amides is 1. The van der Waals surface area contributed by atoms with Crippen molar-refractivity contribution >= 4 is 50.9 Å². The van der Waals surface area contributed by atoms with Crippen LogP contribution in [0.5, 0.6) is 0 Å². The summed E-state index contributed by atoms with van der Waals surface area (Å²) in [4.78, 5) is 12.5. The highest BCUT2D eigenvalue weighted by molar-refractivity contribution is 9.10. The van der Waals surface area contributed by atoms with E-state index in [1.165, 1.54) is 11.8 Å². The summed E-state index contributed by atoms with van der Waals surface area (Å²) < 4.78 is 2.90. The predicted molar refractivity (Wildman–Crippen MR) is 119 cm³/mol. The van der Waals surface area contributed by atoms with Gasteiger partial charge in [0.2, 0.25) is 5.91 Å². The molecule has 3 rings (SSSR count). The van der Waals surface area contributed by atoms with Gasteiger partial charge in [0.25, 0.3) is 0 Å². The van der Waals surface area contributed by atoms with Crippen LogP contribution >= 0.6 is 39.3 Å². The molecule has 0 aliphatic carbocycles. The van der Waals surface area contributed by atoms with Gasteiger partial charge in [0.15, 0.2) is 11.0 Å². The van der Waals surface area contributed by atoms with Crippen molar-refractivity contribution < 1.29 is 4.79 Å². The molecule has 1 amide bonds. The van der Waals surface area contributed by atoms with Crippen LogP contribution < -0.4 is 5.32 Å². The van der Waals surface area contributed by atoms with E-state index >= 15 is 0 Å². The highest BCUT2D eigenvalue weighted by Gasteiger charge is 2.15. The zero-order valence-corrected chi connectivity index (χ0v) is 19.0. The molecule has 1 aromatic heterocycles. The van der Waals surface area contributed by atoms with E-state index in [9.17, 15) is 4.79 Å². The third-order valence-electron chi connectivity index (χ3n) is 4.30. The molecule has 0 spiro atoms. The topological polar surface area (TPSA) is 59.8 Å². The van der Waals surface area contributed by atoms with E-state index in [2.05, 4.69) is 38.4 Å². The van der Waals surface area contributed by atoms with Crippen LogP contribution in [0.1, 0.15) is 18.1 Å². The Balaban J connectivity index is 1.68. The third kappa shape index (κ3) is 4.77. The van der Waals surface area contributed by atoms with E-state index in [1.54, 1.807) is 0 Å². The van der Waals surface area contributed by atoms with E-state index in [1.807, 2.05) is 54.9 Å². The second-order valence-corrected chi connectivity index (χ2v) is 8.61. The number of benzene rings is 2. The molecule has 0 unspecified atom stereocenters. The number of rotatable bonds is 6. The Morgan fingerprint density at radius 3 is 2.64 bits per heavy atom. The molecule has 146 valence electrons. The van der Waals surface area contributed by atoms with Crippen molar-refractivity contribution in [1.82, 2.24) is 14.8 Å². The van der Waals surface area contributed by atoms with E-state index in [-0.39, 0.29) is 11.7 Å². The molecule has 28 heavy (non-hydrogen) atoms. The molecular weight excluding hydrogens is 460 g/mol. The molecule has 0 radical (unpaired) electrons. The molecule has 5 nitrogen and oxygen atoms in total. The van der Waals surface area contributed by atoms with Gasteiger partial charge in [0.05, 0.1) is 5.75 Å². The quantitative estimate of drug-likeness (QED) is 0.474. The first kappa shape index (κ1) is 20.9. The average molecular weight is 480 g/mol. The zero-order chi connectivity index (χ0) is 20.3. The number of nitrogens with zero attached hydrogens (tertiary/aromatic N) is 3. The van der Waals surface area contributed by atoms with Gasteiger partial charge in [0.1, 0.15) is 0 Å². The van der Waals surface area contributed by atoms with Crippen LogP contribution in [0.2, 0.25) is 5.02 Å². The predicted octanol–water partition coefficient (Wildman–Crippen LogP) is 5.50. The summed E-state index contributed by atoms with van der Waals surface area (Å²) in [6.07, 6.45) is 0.844. The fraction of sp³-hybridized carbons (Fsp3) is 0.250. The normalized spacial score (nSPS) is 10.9. The van der Waals surface area contributed by atoms with Crippen molar-refractivity contribution in [2.45, 2.75) is 25.4 Å². The lowest BCUT2D eigenvalue weighted by Gasteiger charge is -2.13. The van der Waals surface area contributed by atoms with Gasteiger partial charge in [-0.2, -0.15) is 0 Å². The minimum atomic E-state index is -0.0684. The lowest BCUT2D eigenvalue weighted by Crippen LogP contribution is -2.16. The SMILES string of the molecule is CCc1cc(Br)cc(C)c1NC(=O)CSc1nnc(-c2ccc(Cl)cc2)n1C. The minimum absolute atomic E-state index is 0.0684. The molecule has 8 heteroatoms. The summed E-state index contributed by atoms with van der Waals surface area (Å²) in [6, 6.07) is 11.5. The summed E-state index contributed by atoms with van der Waals surface area (Å²) in [5.41, 5.74) is 3.95. The number of halogens is 2. The fourth-order valence-electron chi connectivity index (χ4n) is 2.87. The molecule has 0 saturated heterocycles. The molecule has 2 aromatic carbocycles. The Bertz CT molecular complexity index is 1000. The van der Waals surface area contributed by atoms with E-state index in [4.69, 9.17) is 11.6 Å². The molecule has 1 N–H and O–H groups in total. The van der Waals surface area contributed by atoms with Crippen LogP contribution in [-0.4, -0.2) is 26.4 Å². The van der Waals surface area contributed by atoms with Gasteiger partial charge in [-0.15, -0.1) is 10.2 Å². The number of carbonyl (C=O) groups excluding carboxylic acids is 1. The van der Waals surface area contributed by atoms with E-state index in [0.717, 1.165) is 39.1 Å². The van der Waals surface area contributed by atoms with Crippen LogP contribution in [0.4, 0.5) is 5.69 Å². The van der Waals surface area contributed by atoms with Gasteiger partial charge < -0.3 is 9.88 Å². The molecular formula is C20H20BrClN4OS. The van der Waals surface area contributed by atoms with Gasteiger partial charge >= 0.3 is 0 Å². The first-order valence-corrected chi connectivity index (χ1v) is 10.9. The van der Waals surface area contributed by atoms with Gasteiger partial charge in [-0.1, -0.05) is 46.2 Å². The van der Waals surface area contributed by atoms with Crippen LogP contribution in [0.25, 0.3) is 11.4 Å². The number of aromatic nitrogens is 3. The van der Waals surface area contributed by atoms with Crippen molar-refractivity contribution in [2.24, 2.45) is 7.05 Å². The summed E-state index contributed by atoms with van der Waals surface area (Å²) in [5, 5.41) is 12.8. The highest BCUT2D eigenvalue weighted by atomic mass is 79.9. The molecule has 3 aromatic rings. The third-order valence-corrected chi connectivity index (χ3v) is 6.03. The molecule has 0 aliphatic rings. The van der Waals surface area contributed by atoms with Crippen LogP contribution in [0, 0.1) is 6.92 Å². The molecule has 0 bridgehead atoms. The molecule has 0 atom stereocenters. The van der Waals surface area contributed by atoms with Gasteiger partial charge in [-0.05, 0) is 60.9 Å². The van der Waals surface area contributed by atoms with Crippen molar-refractivity contribution in [2.75, 3.05) is 11.1 Å². The van der Waals surface area contributed by atoms with Crippen molar-refractivity contribution in [3.63, 3.8) is 0 Å². The first-order chi connectivity index (χ1) is 13.4.